The van der Waals surface area contributed by atoms with Gasteiger partial charge in [0.1, 0.15) is 10.8 Å². The van der Waals surface area contributed by atoms with Crippen molar-refractivity contribution in [3.63, 3.8) is 0 Å². The number of phenolic OH excluding ortho intramolecular Hbond substituents is 1. The van der Waals surface area contributed by atoms with Gasteiger partial charge in [0.2, 0.25) is 0 Å². The Bertz CT molecular complexity index is 853. The Morgan fingerprint density at radius 1 is 1.22 bits per heavy atom. The predicted octanol–water partition coefficient (Wildman–Crippen LogP) is 4.32. The second-order valence-electron chi connectivity index (χ2n) is 4.77. The number of carboxylic acids is 1. The molecule has 1 heterocycles. The number of aromatic nitrogens is 1. The lowest BCUT2D eigenvalue weighted by Crippen LogP contribution is -1.97. The maximum absolute atomic E-state index is 10.9. The standard InChI is InChI=1S/C17H13NO3S2/c19-12-5-3-4-11(8-12)9-15(22-10-16(20)21)17-18-13-6-1-2-7-14(13)23-17/h1-9,19H,10H2,(H,20,21). The van der Waals surface area contributed by atoms with Crippen molar-refractivity contribution >= 4 is 50.3 Å². The number of carboxylic acid groups (broad SMARTS) is 1. The first-order valence-corrected chi connectivity index (χ1v) is 8.63. The summed E-state index contributed by atoms with van der Waals surface area (Å²) < 4.78 is 1.06. The summed E-state index contributed by atoms with van der Waals surface area (Å²) in [4.78, 5) is 16.3. The molecule has 3 rings (SSSR count). The molecule has 0 aliphatic carbocycles. The van der Waals surface area contributed by atoms with Gasteiger partial charge in [-0.1, -0.05) is 24.3 Å². The molecule has 0 atom stereocenters. The third-order valence-corrected chi connectivity index (χ3v) is 5.24. The number of fused-ring (bicyclic) bond motifs is 1. The van der Waals surface area contributed by atoms with Crippen LogP contribution in [0.4, 0.5) is 0 Å². The number of hydrogen-bond acceptors (Lipinski definition) is 5. The van der Waals surface area contributed by atoms with Crippen LogP contribution >= 0.6 is 23.1 Å². The molecule has 0 saturated carbocycles. The molecule has 0 bridgehead atoms. The van der Waals surface area contributed by atoms with Gasteiger partial charge >= 0.3 is 5.97 Å². The zero-order valence-corrected chi connectivity index (χ0v) is 13.6. The van der Waals surface area contributed by atoms with E-state index in [4.69, 9.17) is 5.11 Å². The fraction of sp³-hybridized carbons (Fsp3) is 0.0588. The van der Waals surface area contributed by atoms with E-state index < -0.39 is 5.97 Å². The van der Waals surface area contributed by atoms with E-state index in [1.54, 1.807) is 18.2 Å². The number of phenols is 1. The minimum Gasteiger partial charge on any atom is -0.508 e. The molecule has 0 amide bonds. The first-order valence-electron chi connectivity index (χ1n) is 6.83. The summed E-state index contributed by atoms with van der Waals surface area (Å²) >= 11 is 2.75. The van der Waals surface area contributed by atoms with Crippen LogP contribution in [0.5, 0.6) is 5.75 Å². The van der Waals surface area contributed by atoms with Gasteiger partial charge in [-0.3, -0.25) is 4.79 Å². The molecule has 0 spiro atoms. The molecular formula is C17H13NO3S2. The van der Waals surface area contributed by atoms with E-state index in [2.05, 4.69) is 4.98 Å². The summed E-state index contributed by atoms with van der Waals surface area (Å²) in [5, 5.41) is 19.3. The fourth-order valence-corrected chi connectivity index (χ4v) is 3.89. The highest BCUT2D eigenvalue weighted by Gasteiger charge is 2.11. The average Bonchev–Trinajstić information content (AvgIpc) is 2.95. The van der Waals surface area contributed by atoms with E-state index in [-0.39, 0.29) is 11.5 Å². The summed E-state index contributed by atoms with van der Waals surface area (Å²) in [6.45, 7) is 0. The van der Waals surface area contributed by atoms with Gasteiger partial charge in [-0.2, -0.15) is 0 Å². The third kappa shape index (κ3) is 3.91. The van der Waals surface area contributed by atoms with E-state index in [1.807, 2.05) is 36.4 Å². The number of para-hydroxylation sites is 1. The van der Waals surface area contributed by atoms with Gasteiger partial charge in [0.05, 0.1) is 16.0 Å². The van der Waals surface area contributed by atoms with E-state index in [0.29, 0.717) is 0 Å². The van der Waals surface area contributed by atoms with Crippen molar-refractivity contribution in [1.82, 2.24) is 4.98 Å². The smallest absolute Gasteiger partial charge is 0.313 e. The molecule has 116 valence electrons. The van der Waals surface area contributed by atoms with Crippen molar-refractivity contribution in [3.05, 3.63) is 59.1 Å². The lowest BCUT2D eigenvalue weighted by atomic mass is 10.2. The largest absolute Gasteiger partial charge is 0.508 e. The highest BCUT2D eigenvalue weighted by Crippen LogP contribution is 2.35. The van der Waals surface area contributed by atoms with E-state index in [0.717, 1.165) is 25.7 Å². The van der Waals surface area contributed by atoms with Gasteiger partial charge in [0.25, 0.3) is 0 Å². The van der Waals surface area contributed by atoms with E-state index in [1.165, 1.54) is 23.1 Å². The topological polar surface area (TPSA) is 70.4 Å². The maximum atomic E-state index is 10.9. The molecule has 1 aromatic heterocycles. The minimum atomic E-state index is -0.877. The van der Waals surface area contributed by atoms with Crippen LogP contribution in [0.15, 0.2) is 48.5 Å². The number of aromatic hydroxyl groups is 1. The van der Waals surface area contributed by atoms with Crippen molar-refractivity contribution in [3.8, 4) is 5.75 Å². The monoisotopic (exact) mass is 343 g/mol. The quantitative estimate of drug-likeness (QED) is 0.722. The van der Waals surface area contributed by atoms with Gasteiger partial charge in [0.15, 0.2) is 0 Å². The van der Waals surface area contributed by atoms with Crippen molar-refractivity contribution in [1.29, 1.82) is 0 Å². The summed E-state index contributed by atoms with van der Waals surface area (Å²) in [6, 6.07) is 14.6. The van der Waals surface area contributed by atoms with E-state index >= 15 is 0 Å². The number of thioether (sulfide) groups is 1. The van der Waals surface area contributed by atoms with Crippen LogP contribution in [-0.2, 0) is 4.79 Å². The Balaban J connectivity index is 2.02. The predicted molar refractivity (Wildman–Crippen MR) is 95.7 cm³/mol. The first kappa shape index (κ1) is 15.6. The number of carbonyl (C=O) groups is 1. The van der Waals surface area contributed by atoms with Gasteiger partial charge < -0.3 is 10.2 Å². The number of thiazole rings is 1. The van der Waals surface area contributed by atoms with Gasteiger partial charge in [0, 0.05) is 4.91 Å². The summed E-state index contributed by atoms with van der Waals surface area (Å²) in [5.41, 5.74) is 1.70. The normalized spacial score (nSPS) is 11.7. The number of hydrogen-bond donors (Lipinski definition) is 2. The Morgan fingerprint density at radius 3 is 2.78 bits per heavy atom. The molecule has 23 heavy (non-hydrogen) atoms. The number of benzene rings is 2. The molecule has 0 fully saturated rings. The van der Waals surface area contributed by atoms with Gasteiger partial charge in [-0.15, -0.1) is 23.1 Å². The molecular weight excluding hydrogens is 330 g/mol. The van der Waals surface area contributed by atoms with Crippen molar-refractivity contribution in [2.24, 2.45) is 0 Å². The fourth-order valence-electron chi connectivity index (χ4n) is 2.05. The molecule has 0 aliphatic rings. The van der Waals surface area contributed by atoms with Crippen molar-refractivity contribution in [2.45, 2.75) is 0 Å². The molecule has 0 saturated heterocycles. The van der Waals surface area contributed by atoms with Crippen LogP contribution < -0.4 is 0 Å². The Kier molecular flexibility index (Phi) is 4.64. The van der Waals surface area contributed by atoms with Crippen LogP contribution in [0.2, 0.25) is 0 Å². The van der Waals surface area contributed by atoms with Crippen LogP contribution in [0.1, 0.15) is 10.6 Å². The van der Waals surface area contributed by atoms with Crippen LogP contribution in [0.3, 0.4) is 0 Å². The molecule has 4 nitrogen and oxygen atoms in total. The lowest BCUT2D eigenvalue weighted by molar-refractivity contribution is -0.133. The van der Waals surface area contributed by atoms with Crippen molar-refractivity contribution < 1.29 is 15.0 Å². The molecule has 0 radical (unpaired) electrons. The lowest BCUT2D eigenvalue weighted by Gasteiger charge is -2.03. The zero-order valence-electron chi connectivity index (χ0n) is 12.0. The van der Waals surface area contributed by atoms with Gasteiger partial charge in [-0.25, -0.2) is 4.98 Å². The Morgan fingerprint density at radius 2 is 2.04 bits per heavy atom. The second-order valence-corrected chi connectivity index (χ2v) is 6.82. The average molecular weight is 343 g/mol. The molecule has 0 unspecified atom stereocenters. The molecule has 0 aliphatic heterocycles. The van der Waals surface area contributed by atoms with Crippen LogP contribution in [0, 0.1) is 0 Å². The molecule has 2 aromatic carbocycles. The molecule has 3 aromatic rings. The van der Waals surface area contributed by atoms with Crippen LogP contribution in [0.25, 0.3) is 21.2 Å². The highest BCUT2D eigenvalue weighted by molar-refractivity contribution is 8.09. The molecule has 2 N–H and O–H groups in total. The number of nitrogens with zero attached hydrogens (tertiary/aromatic N) is 1. The highest BCUT2D eigenvalue weighted by atomic mass is 32.2. The Hall–Kier alpha value is -2.31. The van der Waals surface area contributed by atoms with E-state index in [9.17, 15) is 9.90 Å². The maximum Gasteiger partial charge on any atom is 0.313 e. The minimum absolute atomic E-state index is 0.0411. The number of rotatable bonds is 5. The van der Waals surface area contributed by atoms with Crippen LogP contribution in [-0.4, -0.2) is 26.9 Å². The zero-order chi connectivity index (χ0) is 16.2. The Labute approximate surface area is 141 Å². The summed E-state index contributed by atoms with van der Waals surface area (Å²) in [6.07, 6.45) is 1.85. The molecule has 6 heteroatoms. The summed E-state index contributed by atoms with van der Waals surface area (Å²) in [5.74, 6) is -0.746. The van der Waals surface area contributed by atoms with Gasteiger partial charge in [-0.05, 0) is 35.9 Å². The second kappa shape index (κ2) is 6.85. The number of aliphatic carboxylic acids is 1. The third-order valence-electron chi connectivity index (χ3n) is 3.02. The van der Waals surface area contributed by atoms with Crippen molar-refractivity contribution in [2.75, 3.05) is 5.75 Å². The summed E-state index contributed by atoms with van der Waals surface area (Å²) in [7, 11) is 0. The first-order chi connectivity index (χ1) is 11.1. The SMILES string of the molecule is O=C(O)CSC(=Cc1cccc(O)c1)c1nc2ccccc2s1.